The third-order valence-corrected chi connectivity index (χ3v) is 2.51. The molecular weight excluding hydrogens is 252 g/mol. The van der Waals surface area contributed by atoms with Crippen LogP contribution in [0, 0.1) is 0 Å². The smallest absolute Gasteiger partial charge is 0.191 e. The number of methoxy groups -OCH3 is 1. The molecule has 0 aliphatic rings. The van der Waals surface area contributed by atoms with E-state index in [9.17, 15) is 0 Å². The van der Waals surface area contributed by atoms with E-state index >= 15 is 0 Å². The van der Waals surface area contributed by atoms with Gasteiger partial charge in [-0.25, -0.2) is 0 Å². The Kier molecular flexibility index (Phi) is 6.93. The van der Waals surface area contributed by atoms with E-state index in [-0.39, 0.29) is 6.29 Å². The molecular formula is C13H20O4S. The van der Waals surface area contributed by atoms with Gasteiger partial charge in [-0.2, -0.15) is 0 Å². The molecule has 0 radical (unpaired) electrons. The van der Waals surface area contributed by atoms with Crippen LogP contribution in [0.25, 0.3) is 0 Å². The highest BCUT2D eigenvalue weighted by atomic mass is 32.1. The van der Waals surface area contributed by atoms with E-state index in [1.54, 1.807) is 13.2 Å². The van der Waals surface area contributed by atoms with E-state index in [0.29, 0.717) is 31.3 Å². The van der Waals surface area contributed by atoms with Gasteiger partial charge in [-0.1, -0.05) is 0 Å². The molecule has 102 valence electrons. The van der Waals surface area contributed by atoms with Crippen LogP contribution in [0.15, 0.2) is 23.1 Å². The number of rotatable bonds is 8. The van der Waals surface area contributed by atoms with Crippen LogP contribution in [0.3, 0.4) is 0 Å². The van der Waals surface area contributed by atoms with Crippen molar-refractivity contribution in [2.45, 2.75) is 25.0 Å². The maximum Gasteiger partial charge on any atom is 0.191 e. The Morgan fingerprint density at radius 3 is 2.33 bits per heavy atom. The standard InChI is InChI=1S/C13H20O4S/c1-4-15-13(16-5-2)9-17-11-7-6-10(18)8-12(11)14-3/h6-8,13,18H,4-5,9H2,1-3H3. The van der Waals surface area contributed by atoms with Crippen LogP contribution in [0.4, 0.5) is 0 Å². The summed E-state index contributed by atoms with van der Waals surface area (Å²) in [6.07, 6.45) is -0.361. The first-order chi connectivity index (χ1) is 8.71. The lowest BCUT2D eigenvalue weighted by atomic mass is 10.3. The Labute approximate surface area is 114 Å². The van der Waals surface area contributed by atoms with Crippen molar-refractivity contribution in [3.8, 4) is 11.5 Å². The van der Waals surface area contributed by atoms with E-state index in [2.05, 4.69) is 12.6 Å². The minimum atomic E-state index is -0.361. The SMILES string of the molecule is CCOC(COc1ccc(S)cc1OC)OCC. The number of benzene rings is 1. The lowest BCUT2D eigenvalue weighted by Crippen LogP contribution is -2.25. The maximum absolute atomic E-state index is 5.64. The van der Waals surface area contributed by atoms with Crippen LogP contribution in [-0.2, 0) is 9.47 Å². The molecule has 0 N–H and O–H groups in total. The number of thiol groups is 1. The predicted molar refractivity (Wildman–Crippen MR) is 72.8 cm³/mol. The minimum absolute atomic E-state index is 0.323. The van der Waals surface area contributed by atoms with Crippen molar-refractivity contribution < 1.29 is 18.9 Å². The molecule has 0 saturated heterocycles. The molecule has 0 spiro atoms. The second-order valence-electron chi connectivity index (χ2n) is 3.49. The Hall–Kier alpha value is -0.910. The average molecular weight is 272 g/mol. The van der Waals surface area contributed by atoms with Gasteiger partial charge in [0.15, 0.2) is 17.8 Å². The highest BCUT2D eigenvalue weighted by molar-refractivity contribution is 7.80. The lowest BCUT2D eigenvalue weighted by Gasteiger charge is -2.18. The monoisotopic (exact) mass is 272 g/mol. The van der Waals surface area contributed by atoms with E-state index in [1.165, 1.54) is 0 Å². The topological polar surface area (TPSA) is 36.9 Å². The summed E-state index contributed by atoms with van der Waals surface area (Å²) in [5.74, 6) is 1.30. The summed E-state index contributed by atoms with van der Waals surface area (Å²) in [7, 11) is 1.60. The maximum atomic E-state index is 5.64. The summed E-state index contributed by atoms with van der Waals surface area (Å²) >= 11 is 4.25. The molecule has 4 nitrogen and oxygen atoms in total. The molecule has 0 fully saturated rings. The summed E-state index contributed by atoms with van der Waals surface area (Å²) in [5.41, 5.74) is 0. The van der Waals surface area contributed by atoms with Crippen LogP contribution in [-0.4, -0.2) is 33.2 Å². The van der Waals surface area contributed by atoms with Crippen molar-refractivity contribution in [3.63, 3.8) is 0 Å². The molecule has 18 heavy (non-hydrogen) atoms. The quantitative estimate of drug-likeness (QED) is 0.583. The van der Waals surface area contributed by atoms with Crippen molar-refractivity contribution in [2.75, 3.05) is 26.9 Å². The van der Waals surface area contributed by atoms with Crippen LogP contribution in [0.1, 0.15) is 13.8 Å². The van der Waals surface area contributed by atoms with Gasteiger partial charge in [-0.05, 0) is 32.0 Å². The largest absolute Gasteiger partial charge is 0.493 e. The van der Waals surface area contributed by atoms with Gasteiger partial charge in [0.1, 0.15) is 6.61 Å². The lowest BCUT2D eigenvalue weighted by molar-refractivity contribution is -0.152. The summed E-state index contributed by atoms with van der Waals surface area (Å²) in [6.45, 7) is 5.33. The molecule has 0 amide bonds. The Balaban J connectivity index is 2.60. The normalized spacial score (nSPS) is 10.7. The average Bonchev–Trinajstić information content (AvgIpc) is 2.37. The molecule has 0 unspecified atom stereocenters. The summed E-state index contributed by atoms with van der Waals surface area (Å²) < 4.78 is 21.7. The Bertz CT molecular complexity index is 351. The molecule has 1 rings (SSSR count). The number of hydrogen-bond donors (Lipinski definition) is 1. The fraction of sp³-hybridized carbons (Fsp3) is 0.538. The Morgan fingerprint density at radius 1 is 1.11 bits per heavy atom. The van der Waals surface area contributed by atoms with Crippen molar-refractivity contribution in [1.29, 1.82) is 0 Å². The summed E-state index contributed by atoms with van der Waals surface area (Å²) in [5, 5.41) is 0. The first kappa shape index (κ1) is 15.1. The van der Waals surface area contributed by atoms with Crippen LogP contribution >= 0.6 is 12.6 Å². The molecule has 0 aliphatic heterocycles. The van der Waals surface area contributed by atoms with Crippen molar-refractivity contribution in [2.24, 2.45) is 0 Å². The fourth-order valence-electron chi connectivity index (χ4n) is 1.45. The molecule has 0 atom stereocenters. The van der Waals surface area contributed by atoms with Gasteiger partial charge in [0, 0.05) is 18.1 Å². The van der Waals surface area contributed by atoms with Crippen LogP contribution < -0.4 is 9.47 Å². The van der Waals surface area contributed by atoms with Gasteiger partial charge in [-0.3, -0.25) is 0 Å². The highest BCUT2D eigenvalue weighted by Crippen LogP contribution is 2.29. The molecule has 0 saturated carbocycles. The van der Waals surface area contributed by atoms with Gasteiger partial charge in [-0.15, -0.1) is 12.6 Å². The zero-order valence-electron chi connectivity index (χ0n) is 11.0. The molecule has 0 heterocycles. The van der Waals surface area contributed by atoms with Crippen LogP contribution in [0.2, 0.25) is 0 Å². The van der Waals surface area contributed by atoms with E-state index in [1.807, 2.05) is 26.0 Å². The van der Waals surface area contributed by atoms with Crippen LogP contribution in [0.5, 0.6) is 11.5 Å². The molecule has 0 bridgehead atoms. The second kappa shape index (κ2) is 8.24. The fourth-order valence-corrected chi connectivity index (χ4v) is 1.64. The first-order valence-corrected chi connectivity index (χ1v) is 6.39. The number of ether oxygens (including phenoxy) is 4. The predicted octanol–water partition coefficient (Wildman–Crippen LogP) is 2.76. The third-order valence-electron chi connectivity index (χ3n) is 2.23. The molecule has 0 aliphatic carbocycles. The van der Waals surface area contributed by atoms with Crippen molar-refractivity contribution in [1.82, 2.24) is 0 Å². The van der Waals surface area contributed by atoms with Gasteiger partial charge < -0.3 is 18.9 Å². The third kappa shape index (κ3) is 4.76. The minimum Gasteiger partial charge on any atom is -0.493 e. The van der Waals surface area contributed by atoms with Gasteiger partial charge in [0.05, 0.1) is 7.11 Å². The van der Waals surface area contributed by atoms with E-state index < -0.39 is 0 Å². The van der Waals surface area contributed by atoms with E-state index in [0.717, 1.165) is 4.90 Å². The van der Waals surface area contributed by atoms with E-state index in [4.69, 9.17) is 18.9 Å². The van der Waals surface area contributed by atoms with Gasteiger partial charge in [0.2, 0.25) is 0 Å². The summed E-state index contributed by atoms with van der Waals surface area (Å²) in [4.78, 5) is 0.824. The summed E-state index contributed by atoms with van der Waals surface area (Å²) in [6, 6.07) is 5.46. The number of hydrogen-bond acceptors (Lipinski definition) is 5. The zero-order valence-corrected chi connectivity index (χ0v) is 11.9. The second-order valence-corrected chi connectivity index (χ2v) is 4.00. The van der Waals surface area contributed by atoms with Crippen molar-refractivity contribution >= 4 is 12.6 Å². The first-order valence-electron chi connectivity index (χ1n) is 5.94. The zero-order chi connectivity index (χ0) is 13.4. The van der Waals surface area contributed by atoms with Gasteiger partial charge in [0.25, 0.3) is 0 Å². The van der Waals surface area contributed by atoms with Crippen molar-refractivity contribution in [3.05, 3.63) is 18.2 Å². The molecule has 0 aromatic heterocycles. The Morgan fingerprint density at radius 2 is 1.78 bits per heavy atom. The van der Waals surface area contributed by atoms with Gasteiger partial charge >= 0.3 is 0 Å². The molecule has 1 aromatic rings. The molecule has 5 heteroatoms. The molecule has 1 aromatic carbocycles. The highest BCUT2D eigenvalue weighted by Gasteiger charge is 2.11.